The summed E-state index contributed by atoms with van der Waals surface area (Å²) in [5, 5.41) is 0. The summed E-state index contributed by atoms with van der Waals surface area (Å²) in [5.41, 5.74) is 3.56. The Morgan fingerprint density at radius 2 is 1.66 bits per heavy atom. The minimum Gasteiger partial charge on any atom is -0.385 e. The normalized spacial score (nSPS) is 26.0. The fraction of sp³-hybridized carbons (Fsp3) is 0.346. The van der Waals surface area contributed by atoms with Crippen LogP contribution in [0.15, 0.2) is 60.7 Å². The van der Waals surface area contributed by atoms with Crippen molar-refractivity contribution in [3.05, 3.63) is 71.8 Å². The van der Waals surface area contributed by atoms with Crippen molar-refractivity contribution in [2.24, 2.45) is 11.8 Å². The van der Waals surface area contributed by atoms with Gasteiger partial charge in [0.25, 0.3) is 0 Å². The van der Waals surface area contributed by atoms with Crippen LogP contribution >= 0.6 is 0 Å². The van der Waals surface area contributed by atoms with Gasteiger partial charge in [0.1, 0.15) is 6.04 Å². The van der Waals surface area contributed by atoms with Gasteiger partial charge in [0.15, 0.2) is 5.78 Å². The molecule has 2 saturated heterocycles. The van der Waals surface area contributed by atoms with E-state index in [2.05, 4.69) is 6.08 Å². The number of anilines is 1. The Balaban J connectivity index is 1.61. The number of hydrogen-bond acceptors (Lipinski definition) is 5. The van der Waals surface area contributed by atoms with Crippen LogP contribution in [0.3, 0.4) is 0 Å². The zero-order chi connectivity index (χ0) is 22.4. The lowest BCUT2D eigenvalue weighted by Gasteiger charge is -2.38. The Morgan fingerprint density at radius 3 is 2.41 bits per heavy atom. The smallest absolute Gasteiger partial charge is 0.235 e. The number of allylic oxidation sites excluding steroid dienone is 1. The number of para-hydroxylation sites is 1. The highest BCUT2D eigenvalue weighted by molar-refractivity contribution is 6.14. The topological polar surface area (TPSA) is 66.9 Å². The second-order valence-electron chi connectivity index (χ2n) is 8.67. The van der Waals surface area contributed by atoms with E-state index in [0.717, 1.165) is 16.8 Å². The molecule has 5 rings (SSSR count). The van der Waals surface area contributed by atoms with Crippen molar-refractivity contribution < 1.29 is 19.1 Å². The predicted octanol–water partition coefficient (Wildman–Crippen LogP) is 3.18. The summed E-state index contributed by atoms with van der Waals surface area (Å²) in [6, 6.07) is 15.9. The number of imide groups is 1. The number of methoxy groups -OCH3 is 1. The fourth-order valence-electron chi connectivity index (χ4n) is 5.52. The Kier molecular flexibility index (Phi) is 5.18. The molecule has 32 heavy (non-hydrogen) atoms. The maximum Gasteiger partial charge on any atom is 0.235 e. The molecule has 4 atom stereocenters. The molecular formula is C26H26N2O4. The summed E-state index contributed by atoms with van der Waals surface area (Å²) in [6.45, 7) is 2.81. The van der Waals surface area contributed by atoms with E-state index in [-0.39, 0.29) is 23.6 Å². The van der Waals surface area contributed by atoms with Gasteiger partial charge in [-0.05, 0) is 25.0 Å². The van der Waals surface area contributed by atoms with E-state index < -0.39 is 17.9 Å². The lowest BCUT2D eigenvalue weighted by atomic mass is 9.85. The lowest BCUT2D eigenvalue weighted by Crippen LogP contribution is -2.49. The van der Waals surface area contributed by atoms with Gasteiger partial charge in [0, 0.05) is 37.1 Å². The van der Waals surface area contributed by atoms with Gasteiger partial charge < -0.3 is 9.64 Å². The highest BCUT2D eigenvalue weighted by Gasteiger charge is 2.64. The fourth-order valence-corrected chi connectivity index (χ4v) is 5.52. The van der Waals surface area contributed by atoms with Gasteiger partial charge in [-0.1, -0.05) is 54.6 Å². The summed E-state index contributed by atoms with van der Waals surface area (Å²) in [7, 11) is 1.60. The summed E-state index contributed by atoms with van der Waals surface area (Å²) in [6.07, 6.45) is 2.64. The number of ether oxygens (including phenoxy) is 1. The first-order valence-electron chi connectivity index (χ1n) is 11.0. The van der Waals surface area contributed by atoms with Crippen molar-refractivity contribution in [1.82, 2.24) is 4.90 Å². The molecule has 3 aliphatic rings. The number of benzene rings is 2. The molecule has 2 aromatic carbocycles. The third-order valence-corrected chi connectivity index (χ3v) is 6.90. The van der Waals surface area contributed by atoms with Crippen LogP contribution in [0.5, 0.6) is 0 Å². The Hall–Kier alpha value is -3.25. The molecule has 0 radical (unpaired) electrons. The maximum absolute atomic E-state index is 13.8. The standard InChI is InChI=1S/C26H26N2O4/c1-16-15-20-21-22(26(31)27(25(21)30)13-8-14-32-2)23(24(29)17-9-4-3-5-10-17)28(20)19-12-7-6-11-18(16)19/h3-7,9-12,15,20-23H,8,13-14H2,1-2H3. The zero-order valence-electron chi connectivity index (χ0n) is 18.2. The monoisotopic (exact) mass is 430 g/mol. The van der Waals surface area contributed by atoms with Gasteiger partial charge in [-0.25, -0.2) is 0 Å². The number of fused-ring (bicyclic) bond motifs is 5. The Labute approximate surface area is 187 Å². The minimum absolute atomic E-state index is 0.120. The van der Waals surface area contributed by atoms with Crippen LogP contribution in [-0.4, -0.2) is 54.8 Å². The van der Waals surface area contributed by atoms with E-state index in [1.165, 1.54) is 4.90 Å². The largest absolute Gasteiger partial charge is 0.385 e. The van der Waals surface area contributed by atoms with Gasteiger partial charge in [0.2, 0.25) is 11.8 Å². The molecule has 0 spiro atoms. The van der Waals surface area contributed by atoms with Crippen molar-refractivity contribution in [3.63, 3.8) is 0 Å². The number of carbonyl (C=O) groups excluding carboxylic acids is 3. The van der Waals surface area contributed by atoms with E-state index in [0.29, 0.717) is 25.1 Å². The molecule has 0 saturated carbocycles. The third-order valence-electron chi connectivity index (χ3n) is 6.90. The molecule has 0 aliphatic carbocycles. The number of nitrogens with zero attached hydrogens (tertiary/aromatic N) is 2. The van der Waals surface area contributed by atoms with Gasteiger partial charge >= 0.3 is 0 Å². The number of likely N-dealkylation sites (tertiary alicyclic amines) is 1. The van der Waals surface area contributed by atoms with Crippen LogP contribution in [0, 0.1) is 11.8 Å². The summed E-state index contributed by atoms with van der Waals surface area (Å²) in [4.78, 5) is 44.2. The van der Waals surface area contributed by atoms with E-state index in [9.17, 15) is 14.4 Å². The summed E-state index contributed by atoms with van der Waals surface area (Å²) < 4.78 is 5.10. The summed E-state index contributed by atoms with van der Waals surface area (Å²) >= 11 is 0. The highest BCUT2D eigenvalue weighted by Crippen LogP contribution is 2.50. The van der Waals surface area contributed by atoms with E-state index in [4.69, 9.17) is 4.74 Å². The van der Waals surface area contributed by atoms with Crippen LogP contribution in [0.2, 0.25) is 0 Å². The van der Waals surface area contributed by atoms with Crippen molar-refractivity contribution in [1.29, 1.82) is 0 Å². The van der Waals surface area contributed by atoms with Crippen LogP contribution in [0.1, 0.15) is 29.3 Å². The van der Waals surface area contributed by atoms with Crippen LogP contribution in [-0.2, 0) is 14.3 Å². The molecule has 3 aliphatic heterocycles. The minimum atomic E-state index is -0.721. The molecule has 2 aromatic rings. The second-order valence-corrected chi connectivity index (χ2v) is 8.67. The van der Waals surface area contributed by atoms with Crippen LogP contribution in [0.4, 0.5) is 5.69 Å². The van der Waals surface area contributed by atoms with E-state index >= 15 is 0 Å². The number of ketones is 1. The number of Topliss-reactive ketones (excluding diaryl/α,β-unsaturated/α-hetero) is 1. The zero-order valence-corrected chi connectivity index (χ0v) is 18.2. The van der Waals surface area contributed by atoms with Crippen LogP contribution in [0.25, 0.3) is 5.57 Å². The Bertz CT molecular complexity index is 1110. The first kappa shape index (κ1) is 20.6. The van der Waals surface area contributed by atoms with Gasteiger partial charge in [0.05, 0.1) is 17.9 Å². The Morgan fingerprint density at radius 1 is 0.969 bits per heavy atom. The molecule has 6 nitrogen and oxygen atoms in total. The SMILES string of the molecule is COCCCN1C(=O)C2C(C1=O)C(C(=O)c1ccccc1)N1c3ccccc3C(C)=CC21. The molecule has 0 aromatic heterocycles. The number of hydrogen-bond donors (Lipinski definition) is 0. The van der Waals surface area contributed by atoms with Gasteiger partial charge in [-0.3, -0.25) is 19.3 Å². The highest BCUT2D eigenvalue weighted by atomic mass is 16.5. The first-order valence-corrected chi connectivity index (χ1v) is 11.0. The molecule has 0 bridgehead atoms. The van der Waals surface area contributed by atoms with Crippen LogP contribution < -0.4 is 4.90 Å². The molecular weight excluding hydrogens is 404 g/mol. The molecule has 4 unspecified atom stereocenters. The predicted molar refractivity (Wildman–Crippen MR) is 121 cm³/mol. The van der Waals surface area contributed by atoms with E-state index in [1.807, 2.05) is 54.3 Å². The van der Waals surface area contributed by atoms with Crippen molar-refractivity contribution in [2.45, 2.75) is 25.4 Å². The molecule has 6 heteroatoms. The molecule has 0 N–H and O–H groups in total. The number of rotatable bonds is 6. The molecule has 164 valence electrons. The quantitative estimate of drug-likeness (QED) is 0.400. The average Bonchev–Trinajstić information content (AvgIpc) is 3.28. The van der Waals surface area contributed by atoms with Gasteiger partial charge in [-0.2, -0.15) is 0 Å². The number of carbonyl (C=O) groups is 3. The summed E-state index contributed by atoms with van der Waals surface area (Å²) in [5.74, 6) is -1.81. The molecule has 2 amide bonds. The third kappa shape index (κ3) is 3.01. The lowest BCUT2D eigenvalue weighted by molar-refractivity contribution is -0.140. The van der Waals surface area contributed by atoms with Crippen molar-refractivity contribution in [2.75, 3.05) is 25.2 Å². The first-order chi connectivity index (χ1) is 15.5. The number of amides is 2. The van der Waals surface area contributed by atoms with Crippen molar-refractivity contribution in [3.8, 4) is 0 Å². The molecule has 2 fully saturated rings. The average molecular weight is 431 g/mol. The maximum atomic E-state index is 13.8. The van der Waals surface area contributed by atoms with E-state index in [1.54, 1.807) is 19.2 Å². The van der Waals surface area contributed by atoms with Crippen molar-refractivity contribution >= 4 is 28.9 Å². The van der Waals surface area contributed by atoms with Gasteiger partial charge in [-0.15, -0.1) is 0 Å². The second kappa shape index (κ2) is 8.02. The molecule has 3 heterocycles.